The summed E-state index contributed by atoms with van der Waals surface area (Å²) in [5, 5.41) is 2.92. The van der Waals surface area contributed by atoms with Crippen LogP contribution in [0.5, 0.6) is 11.5 Å². The lowest BCUT2D eigenvalue weighted by atomic mass is 9.76. The Morgan fingerprint density at radius 1 is 1.06 bits per heavy atom. The predicted molar refractivity (Wildman–Crippen MR) is 127 cm³/mol. The number of imide groups is 1. The molecule has 1 unspecified atom stereocenters. The molecule has 1 atom stereocenters. The topological polar surface area (TPSA) is 89.9 Å². The molecule has 1 aliphatic carbocycles. The molecule has 2 aromatic carbocycles. The van der Waals surface area contributed by atoms with Gasteiger partial charge in [-0.1, -0.05) is 24.3 Å². The van der Waals surface area contributed by atoms with Crippen molar-refractivity contribution in [3.05, 3.63) is 76.6 Å². The fourth-order valence-corrected chi connectivity index (χ4v) is 5.65. The number of rotatable bonds is 4. The van der Waals surface area contributed by atoms with E-state index in [1.807, 2.05) is 60.9 Å². The highest BCUT2D eigenvalue weighted by Crippen LogP contribution is 2.40. The van der Waals surface area contributed by atoms with Gasteiger partial charge in [0.05, 0.1) is 6.54 Å². The predicted octanol–water partition coefficient (Wildman–Crippen LogP) is 3.79. The summed E-state index contributed by atoms with van der Waals surface area (Å²) in [6.45, 7) is 3.65. The molecule has 3 aromatic rings. The van der Waals surface area contributed by atoms with E-state index in [1.54, 1.807) is 6.07 Å². The lowest BCUT2D eigenvalue weighted by molar-refractivity contribution is -0.131. The van der Waals surface area contributed by atoms with Crippen LogP contribution in [-0.2, 0) is 16.8 Å². The van der Waals surface area contributed by atoms with Crippen LogP contribution in [0.4, 0.5) is 4.79 Å². The summed E-state index contributed by atoms with van der Waals surface area (Å²) in [5.74, 6) is 0.701. The molecule has 3 amide bonds. The third-order valence-corrected chi connectivity index (χ3v) is 7.30. The Kier molecular flexibility index (Phi) is 4.74. The van der Waals surface area contributed by atoms with Crippen LogP contribution in [0, 0.1) is 13.8 Å². The maximum absolute atomic E-state index is 13.6. The summed E-state index contributed by atoms with van der Waals surface area (Å²) < 4.78 is 12.9. The standard InChI is InChI=1S/C27H25N3O5/c1-16-12-20(17(2)30(16)19-9-10-23-24(13-19)35-15-34-23)22(31)14-29-25(32)27(28-26(29)33)11-5-7-18-6-3-4-8-21(18)27/h3-4,6,8-10,12-13H,5,7,11,14-15H2,1-2H3,(H,28,33). The fourth-order valence-electron chi connectivity index (χ4n) is 5.65. The molecule has 3 heterocycles. The van der Waals surface area contributed by atoms with Crippen LogP contribution in [0.3, 0.4) is 0 Å². The van der Waals surface area contributed by atoms with Gasteiger partial charge in [-0.3, -0.25) is 14.5 Å². The number of fused-ring (bicyclic) bond motifs is 3. The first kappa shape index (κ1) is 21.5. The van der Waals surface area contributed by atoms with E-state index in [4.69, 9.17) is 9.47 Å². The van der Waals surface area contributed by atoms with E-state index >= 15 is 0 Å². The van der Waals surface area contributed by atoms with Crippen molar-refractivity contribution in [2.24, 2.45) is 0 Å². The Morgan fingerprint density at radius 3 is 2.71 bits per heavy atom. The lowest BCUT2D eigenvalue weighted by Crippen LogP contribution is -2.46. The average Bonchev–Trinajstić information content (AvgIpc) is 3.50. The number of hydrogen-bond donors (Lipinski definition) is 1. The molecule has 1 saturated heterocycles. The zero-order valence-corrected chi connectivity index (χ0v) is 19.6. The summed E-state index contributed by atoms with van der Waals surface area (Å²) in [4.78, 5) is 40.9. The first-order chi connectivity index (χ1) is 16.9. The second-order valence-electron chi connectivity index (χ2n) is 9.32. The van der Waals surface area contributed by atoms with Crippen LogP contribution < -0.4 is 14.8 Å². The molecule has 8 heteroatoms. The number of hydrogen-bond acceptors (Lipinski definition) is 5. The molecule has 8 nitrogen and oxygen atoms in total. The lowest BCUT2D eigenvalue weighted by Gasteiger charge is -2.33. The van der Waals surface area contributed by atoms with Crippen molar-refractivity contribution < 1.29 is 23.9 Å². The summed E-state index contributed by atoms with van der Waals surface area (Å²) in [6.07, 6.45) is 2.19. The van der Waals surface area contributed by atoms with Crippen molar-refractivity contribution in [2.75, 3.05) is 13.3 Å². The van der Waals surface area contributed by atoms with Crippen molar-refractivity contribution in [1.29, 1.82) is 0 Å². The average molecular weight is 472 g/mol. The number of benzene rings is 2. The fraction of sp³-hybridized carbons (Fsp3) is 0.296. The molecule has 0 saturated carbocycles. The summed E-state index contributed by atoms with van der Waals surface area (Å²) >= 11 is 0. The zero-order chi connectivity index (χ0) is 24.3. The second kappa shape index (κ2) is 7.73. The van der Waals surface area contributed by atoms with Gasteiger partial charge in [0.1, 0.15) is 5.54 Å². The van der Waals surface area contributed by atoms with Crippen LogP contribution in [0.15, 0.2) is 48.5 Å². The molecule has 1 N–H and O–H groups in total. The van der Waals surface area contributed by atoms with Gasteiger partial charge in [-0.25, -0.2) is 4.79 Å². The Labute approximate surface area is 202 Å². The first-order valence-electron chi connectivity index (χ1n) is 11.7. The molecule has 1 spiro atoms. The van der Waals surface area contributed by atoms with Crippen LogP contribution in [0.25, 0.3) is 5.69 Å². The monoisotopic (exact) mass is 471 g/mol. The Morgan fingerprint density at radius 2 is 1.86 bits per heavy atom. The summed E-state index contributed by atoms with van der Waals surface area (Å²) in [6, 6.07) is 14.6. The van der Waals surface area contributed by atoms with E-state index in [2.05, 4.69) is 5.32 Å². The molecule has 35 heavy (non-hydrogen) atoms. The minimum Gasteiger partial charge on any atom is -0.454 e. The van der Waals surface area contributed by atoms with Gasteiger partial charge in [-0.05, 0) is 62.4 Å². The molecule has 3 aliphatic rings. The number of amides is 3. The van der Waals surface area contributed by atoms with Gasteiger partial charge >= 0.3 is 6.03 Å². The SMILES string of the molecule is Cc1cc(C(=O)CN2C(=O)NC3(CCCc4ccccc43)C2=O)c(C)n1-c1ccc2c(c1)OCO2. The van der Waals surface area contributed by atoms with Crippen molar-refractivity contribution in [3.8, 4) is 17.2 Å². The number of aryl methyl sites for hydroxylation is 2. The maximum atomic E-state index is 13.6. The highest BCUT2D eigenvalue weighted by molar-refractivity contribution is 6.12. The number of carbonyl (C=O) groups excluding carboxylic acids is 3. The van der Waals surface area contributed by atoms with E-state index in [9.17, 15) is 14.4 Å². The first-order valence-corrected chi connectivity index (χ1v) is 11.7. The summed E-state index contributed by atoms with van der Waals surface area (Å²) in [7, 11) is 0. The van der Waals surface area contributed by atoms with Gasteiger partial charge in [-0.15, -0.1) is 0 Å². The number of carbonyl (C=O) groups is 3. The highest BCUT2D eigenvalue weighted by Gasteiger charge is 2.54. The van der Waals surface area contributed by atoms with Crippen molar-refractivity contribution in [2.45, 2.75) is 38.6 Å². The number of aromatic nitrogens is 1. The van der Waals surface area contributed by atoms with E-state index in [-0.39, 0.29) is 25.0 Å². The molecule has 1 fully saturated rings. The normalized spacial score (nSPS) is 20.3. The van der Waals surface area contributed by atoms with E-state index in [0.29, 0.717) is 23.5 Å². The molecule has 0 bridgehead atoms. The highest BCUT2D eigenvalue weighted by atomic mass is 16.7. The van der Waals surface area contributed by atoms with Crippen molar-refractivity contribution in [3.63, 3.8) is 0 Å². The van der Waals surface area contributed by atoms with Crippen LogP contribution >= 0.6 is 0 Å². The molecule has 0 radical (unpaired) electrons. The Balaban J connectivity index is 1.29. The smallest absolute Gasteiger partial charge is 0.325 e. The molecular formula is C27H25N3O5. The largest absolute Gasteiger partial charge is 0.454 e. The van der Waals surface area contributed by atoms with Gasteiger partial charge in [0, 0.05) is 28.7 Å². The van der Waals surface area contributed by atoms with Gasteiger partial charge in [-0.2, -0.15) is 0 Å². The molecular weight excluding hydrogens is 446 g/mol. The van der Waals surface area contributed by atoms with E-state index < -0.39 is 11.6 Å². The minimum absolute atomic E-state index is 0.185. The minimum atomic E-state index is -1.09. The van der Waals surface area contributed by atoms with Crippen molar-refractivity contribution in [1.82, 2.24) is 14.8 Å². The summed E-state index contributed by atoms with van der Waals surface area (Å²) in [5.41, 5.74) is 3.72. The number of nitrogens with zero attached hydrogens (tertiary/aromatic N) is 2. The number of Topliss-reactive ketones (excluding diaryl/α,β-unsaturated/α-hetero) is 1. The van der Waals surface area contributed by atoms with Crippen LogP contribution in [0.2, 0.25) is 0 Å². The third-order valence-electron chi connectivity index (χ3n) is 7.30. The number of urea groups is 1. The van der Waals surface area contributed by atoms with E-state index in [0.717, 1.165) is 45.9 Å². The van der Waals surface area contributed by atoms with Gasteiger partial charge in [0.25, 0.3) is 5.91 Å². The Bertz CT molecular complexity index is 1410. The zero-order valence-electron chi connectivity index (χ0n) is 19.6. The van der Waals surface area contributed by atoms with Gasteiger partial charge in [0.2, 0.25) is 6.79 Å². The van der Waals surface area contributed by atoms with Crippen LogP contribution in [0.1, 0.15) is 45.7 Å². The van der Waals surface area contributed by atoms with Crippen molar-refractivity contribution >= 4 is 17.7 Å². The Hall–Kier alpha value is -4.07. The quantitative estimate of drug-likeness (QED) is 0.462. The molecule has 6 rings (SSSR count). The molecule has 2 aliphatic heterocycles. The van der Waals surface area contributed by atoms with Crippen LogP contribution in [-0.4, -0.2) is 40.5 Å². The van der Waals surface area contributed by atoms with E-state index in [1.165, 1.54) is 0 Å². The number of ketones is 1. The van der Waals surface area contributed by atoms with Gasteiger partial charge < -0.3 is 19.4 Å². The second-order valence-corrected chi connectivity index (χ2v) is 9.32. The molecule has 1 aromatic heterocycles. The maximum Gasteiger partial charge on any atom is 0.325 e. The third kappa shape index (κ3) is 3.16. The molecule has 178 valence electrons. The number of ether oxygens (including phenoxy) is 2. The number of nitrogens with one attached hydrogen (secondary N) is 1. The van der Waals surface area contributed by atoms with Gasteiger partial charge in [0.15, 0.2) is 17.3 Å².